The van der Waals surface area contributed by atoms with Crippen LogP contribution >= 0.6 is 22.7 Å². The molecule has 2 aromatic heterocycles. The molecule has 3 heterocycles. The van der Waals surface area contributed by atoms with Crippen LogP contribution in [-0.2, 0) is 16.1 Å². The quantitative estimate of drug-likeness (QED) is 0.220. The van der Waals surface area contributed by atoms with E-state index in [0.29, 0.717) is 38.5 Å². The first-order valence-corrected chi connectivity index (χ1v) is 15.3. The van der Waals surface area contributed by atoms with Crippen LogP contribution in [0.1, 0.15) is 40.1 Å². The highest BCUT2D eigenvalue weighted by atomic mass is 32.1. The number of benzene rings is 3. The van der Waals surface area contributed by atoms with Gasteiger partial charge in [-0.1, -0.05) is 78.1 Å². The molecular formula is C34H25N3O4S2. The predicted molar refractivity (Wildman–Crippen MR) is 167 cm³/mol. The summed E-state index contributed by atoms with van der Waals surface area (Å²) in [6.07, 6.45) is 1.81. The molecule has 5 aromatic rings. The van der Waals surface area contributed by atoms with Gasteiger partial charge in [0, 0.05) is 16.0 Å². The van der Waals surface area contributed by atoms with Crippen molar-refractivity contribution in [2.24, 2.45) is 4.99 Å². The van der Waals surface area contributed by atoms with Crippen LogP contribution in [0.25, 0.3) is 11.8 Å². The van der Waals surface area contributed by atoms with Crippen LogP contribution < -0.4 is 19.6 Å². The minimum Gasteiger partial charge on any atom is -0.488 e. The van der Waals surface area contributed by atoms with Crippen LogP contribution in [0.15, 0.2) is 112 Å². The molecule has 0 unspecified atom stereocenters. The van der Waals surface area contributed by atoms with Gasteiger partial charge in [-0.3, -0.25) is 9.36 Å². The van der Waals surface area contributed by atoms with Crippen LogP contribution in [0.4, 0.5) is 0 Å². The molecule has 3 aromatic carbocycles. The van der Waals surface area contributed by atoms with Crippen LogP contribution in [0.3, 0.4) is 0 Å². The van der Waals surface area contributed by atoms with E-state index in [2.05, 4.69) is 6.07 Å². The first kappa shape index (κ1) is 28.1. The highest BCUT2D eigenvalue weighted by molar-refractivity contribution is 7.10. The normalized spacial score (nSPS) is 14.5. The Balaban J connectivity index is 1.47. The van der Waals surface area contributed by atoms with E-state index in [-0.39, 0.29) is 12.2 Å². The number of carbonyl (C=O) groups excluding carboxylic acids is 1. The van der Waals surface area contributed by atoms with Crippen LogP contribution in [0.5, 0.6) is 5.75 Å². The van der Waals surface area contributed by atoms with E-state index in [4.69, 9.17) is 19.7 Å². The van der Waals surface area contributed by atoms with Gasteiger partial charge in [-0.25, -0.2) is 9.79 Å². The standard InChI is InChI=1S/C34H25N3O4S2/c1-2-40-33(39)29-30(24-9-4-3-5-10-24)36-34-37(31(29)27-13-8-18-42-27)32(38)28(43-34)19-25-11-6-7-12-26(25)41-21-23-16-14-22(20-35)15-17-23/h3-19,31H,2,21H2,1H3/b28-19-/t31-/m0/s1. The zero-order valence-corrected chi connectivity index (χ0v) is 24.7. The lowest BCUT2D eigenvalue weighted by molar-refractivity contribution is -0.138. The van der Waals surface area contributed by atoms with Crippen molar-refractivity contribution in [3.05, 3.63) is 149 Å². The first-order chi connectivity index (χ1) is 21.1. The van der Waals surface area contributed by atoms with E-state index in [1.54, 1.807) is 29.7 Å². The average Bonchev–Trinajstić information content (AvgIpc) is 3.69. The Morgan fingerprint density at radius 2 is 1.79 bits per heavy atom. The zero-order valence-electron chi connectivity index (χ0n) is 23.1. The number of nitrogens with zero attached hydrogens (tertiary/aromatic N) is 3. The number of nitriles is 1. The number of esters is 1. The lowest BCUT2D eigenvalue weighted by atomic mass is 9.97. The van der Waals surface area contributed by atoms with Crippen molar-refractivity contribution < 1.29 is 14.3 Å². The number of aromatic nitrogens is 1. The number of carbonyl (C=O) groups is 1. The summed E-state index contributed by atoms with van der Waals surface area (Å²) in [5, 5.41) is 11.0. The highest BCUT2D eigenvalue weighted by Crippen LogP contribution is 2.36. The molecule has 212 valence electrons. The number of thiazole rings is 1. The van der Waals surface area contributed by atoms with Crippen molar-refractivity contribution >= 4 is 40.4 Å². The maximum absolute atomic E-state index is 14.1. The number of hydrogen-bond donors (Lipinski definition) is 0. The smallest absolute Gasteiger partial charge is 0.338 e. The largest absolute Gasteiger partial charge is 0.488 e. The molecule has 6 rings (SSSR count). The SMILES string of the molecule is CCOC(=O)C1=C(c2ccccc2)N=c2s/c(=C\c3ccccc3OCc3ccc(C#N)cc3)c(=O)n2[C@H]1c1cccs1. The van der Waals surface area contributed by atoms with Gasteiger partial charge in [0.05, 0.1) is 34.0 Å². The molecule has 7 nitrogen and oxygen atoms in total. The van der Waals surface area contributed by atoms with E-state index in [0.717, 1.165) is 21.6 Å². The molecule has 0 amide bonds. The molecule has 9 heteroatoms. The van der Waals surface area contributed by atoms with Crippen LogP contribution in [0.2, 0.25) is 0 Å². The molecule has 0 aliphatic carbocycles. The van der Waals surface area contributed by atoms with Gasteiger partial charge in [-0.05, 0) is 48.2 Å². The number of rotatable bonds is 8. The third kappa shape index (κ3) is 5.71. The van der Waals surface area contributed by atoms with E-state index < -0.39 is 12.0 Å². The molecule has 0 N–H and O–H groups in total. The summed E-state index contributed by atoms with van der Waals surface area (Å²) >= 11 is 2.74. The van der Waals surface area contributed by atoms with Gasteiger partial charge in [0.1, 0.15) is 18.4 Å². The van der Waals surface area contributed by atoms with Gasteiger partial charge in [-0.2, -0.15) is 5.26 Å². The fraction of sp³-hybridized carbons (Fsp3) is 0.118. The summed E-state index contributed by atoms with van der Waals surface area (Å²) < 4.78 is 13.7. The van der Waals surface area contributed by atoms with Crippen molar-refractivity contribution in [1.82, 2.24) is 4.57 Å². The zero-order chi connectivity index (χ0) is 29.8. The second kappa shape index (κ2) is 12.4. The van der Waals surface area contributed by atoms with Crippen LogP contribution in [0, 0.1) is 11.3 Å². The van der Waals surface area contributed by atoms with Gasteiger partial charge in [0.25, 0.3) is 5.56 Å². The Hall–Kier alpha value is -5.04. The molecule has 0 bridgehead atoms. The average molecular weight is 604 g/mol. The van der Waals surface area contributed by atoms with Crippen molar-refractivity contribution in [3.8, 4) is 11.8 Å². The third-order valence-electron chi connectivity index (χ3n) is 6.87. The van der Waals surface area contributed by atoms with E-state index >= 15 is 0 Å². The fourth-order valence-corrected chi connectivity index (χ4v) is 6.68. The van der Waals surface area contributed by atoms with Crippen molar-refractivity contribution in [2.45, 2.75) is 19.6 Å². The van der Waals surface area contributed by atoms with E-state index in [1.807, 2.05) is 84.2 Å². The third-order valence-corrected chi connectivity index (χ3v) is 8.78. The van der Waals surface area contributed by atoms with Gasteiger partial charge >= 0.3 is 5.97 Å². The molecule has 0 radical (unpaired) electrons. The lowest BCUT2D eigenvalue weighted by Crippen LogP contribution is -2.39. The van der Waals surface area contributed by atoms with Crippen molar-refractivity contribution in [3.63, 3.8) is 0 Å². The minimum atomic E-state index is -0.685. The maximum Gasteiger partial charge on any atom is 0.338 e. The lowest BCUT2D eigenvalue weighted by Gasteiger charge is -2.24. The van der Waals surface area contributed by atoms with E-state index in [1.165, 1.54) is 22.7 Å². The summed E-state index contributed by atoms with van der Waals surface area (Å²) in [5.74, 6) is 0.115. The van der Waals surface area contributed by atoms with Gasteiger partial charge < -0.3 is 9.47 Å². The monoisotopic (exact) mass is 603 g/mol. The Bertz CT molecular complexity index is 2040. The topological polar surface area (TPSA) is 93.7 Å². The molecule has 0 saturated heterocycles. The van der Waals surface area contributed by atoms with Crippen molar-refractivity contribution in [1.29, 1.82) is 5.26 Å². The molecule has 1 aliphatic rings. The van der Waals surface area contributed by atoms with Crippen molar-refractivity contribution in [2.75, 3.05) is 6.61 Å². The molecular weight excluding hydrogens is 579 g/mol. The first-order valence-electron chi connectivity index (χ1n) is 13.6. The van der Waals surface area contributed by atoms with Gasteiger partial charge in [0.15, 0.2) is 4.80 Å². The number of hydrogen-bond acceptors (Lipinski definition) is 8. The van der Waals surface area contributed by atoms with Gasteiger partial charge in [0.2, 0.25) is 0 Å². The van der Waals surface area contributed by atoms with E-state index in [9.17, 15) is 9.59 Å². The summed E-state index contributed by atoms with van der Waals surface area (Å²) in [6.45, 7) is 2.27. The second-order valence-electron chi connectivity index (χ2n) is 9.58. The second-order valence-corrected chi connectivity index (χ2v) is 11.6. The molecule has 0 saturated carbocycles. The molecule has 0 spiro atoms. The predicted octanol–water partition coefficient (Wildman–Crippen LogP) is 5.45. The summed E-state index contributed by atoms with van der Waals surface area (Å²) in [4.78, 5) is 33.8. The fourth-order valence-electron chi connectivity index (χ4n) is 4.87. The number of ether oxygens (including phenoxy) is 2. The summed E-state index contributed by atoms with van der Waals surface area (Å²) in [6, 6.07) is 29.5. The highest BCUT2D eigenvalue weighted by Gasteiger charge is 2.35. The molecule has 43 heavy (non-hydrogen) atoms. The number of para-hydroxylation sites is 1. The number of fused-ring (bicyclic) bond motifs is 1. The maximum atomic E-state index is 14.1. The van der Waals surface area contributed by atoms with Crippen LogP contribution in [-0.4, -0.2) is 17.1 Å². The molecule has 1 atom stereocenters. The summed E-state index contributed by atoms with van der Waals surface area (Å²) in [7, 11) is 0. The Kier molecular flexibility index (Phi) is 8.13. The summed E-state index contributed by atoms with van der Waals surface area (Å²) in [5.41, 5.74) is 3.59. The van der Waals surface area contributed by atoms with Gasteiger partial charge in [-0.15, -0.1) is 11.3 Å². The Morgan fingerprint density at radius 3 is 2.51 bits per heavy atom. The molecule has 0 fully saturated rings. The number of thiophene rings is 1. The minimum absolute atomic E-state index is 0.200. The molecule has 1 aliphatic heterocycles. The Morgan fingerprint density at radius 1 is 1.02 bits per heavy atom. The Labute approximate surface area is 255 Å².